The Morgan fingerprint density at radius 2 is 1.86 bits per heavy atom. The third-order valence-corrected chi connectivity index (χ3v) is 5.69. The number of furan rings is 1. The fourth-order valence-corrected chi connectivity index (χ4v) is 4.01. The third-order valence-electron chi connectivity index (χ3n) is 5.69. The van der Waals surface area contributed by atoms with Crippen LogP contribution in [0.2, 0.25) is 0 Å². The zero-order valence-corrected chi connectivity index (χ0v) is 18.1. The quantitative estimate of drug-likeness (QED) is 0.605. The van der Waals surface area contributed by atoms with Gasteiger partial charge >= 0.3 is 0 Å². The van der Waals surface area contributed by atoms with Crippen molar-refractivity contribution in [2.75, 3.05) is 48.0 Å². The Balaban J connectivity index is 1.50. The molecule has 2 heterocycles. The molecule has 1 aliphatic heterocycles. The summed E-state index contributed by atoms with van der Waals surface area (Å²) in [7, 11) is 7.27. The molecule has 1 aliphatic rings. The molecule has 0 bridgehead atoms. The second-order valence-electron chi connectivity index (χ2n) is 7.75. The molecule has 1 unspecified atom stereocenters. The Morgan fingerprint density at radius 1 is 1.07 bits per heavy atom. The van der Waals surface area contributed by atoms with Crippen LogP contribution in [0.3, 0.4) is 0 Å². The van der Waals surface area contributed by atoms with E-state index in [1.165, 1.54) is 18.4 Å². The maximum Gasteiger partial charge on any atom is 0.160 e. The minimum Gasteiger partial charge on any atom is -0.493 e. The summed E-state index contributed by atoms with van der Waals surface area (Å²) in [6, 6.07) is 10.8. The minimum absolute atomic E-state index is 0.529. The van der Waals surface area contributed by atoms with Gasteiger partial charge in [-0.25, -0.2) is 0 Å². The first-order chi connectivity index (χ1) is 14.1. The smallest absolute Gasteiger partial charge is 0.160 e. The Morgan fingerprint density at radius 3 is 2.62 bits per heavy atom. The van der Waals surface area contributed by atoms with Crippen LogP contribution >= 0.6 is 0 Å². The molecule has 0 spiro atoms. The van der Waals surface area contributed by atoms with Gasteiger partial charge in [0.05, 0.1) is 20.8 Å². The van der Waals surface area contributed by atoms with Gasteiger partial charge in [-0.15, -0.1) is 0 Å². The molecule has 0 amide bonds. The first-order valence-electron chi connectivity index (χ1n) is 10.3. The molecule has 6 heteroatoms. The molecule has 2 aromatic rings. The van der Waals surface area contributed by atoms with Crippen molar-refractivity contribution in [2.45, 2.75) is 38.5 Å². The number of piperidine rings is 1. The lowest BCUT2D eigenvalue weighted by atomic mass is 10.0. The standard InChI is InChI=1S/C23H34N2O4/c1-24(13-11-18-7-10-22(27-3)23(14-18)28-4)19-6-5-12-25(15-19)16-20-8-9-21(29-20)17-26-2/h7-10,14,19H,5-6,11-13,15-17H2,1-4H3. The van der Waals surface area contributed by atoms with Gasteiger partial charge in [-0.1, -0.05) is 6.07 Å². The lowest BCUT2D eigenvalue weighted by molar-refractivity contribution is 0.105. The van der Waals surface area contributed by atoms with Gasteiger partial charge in [-0.05, 0) is 62.7 Å². The van der Waals surface area contributed by atoms with E-state index >= 15 is 0 Å². The molecule has 6 nitrogen and oxygen atoms in total. The first kappa shape index (κ1) is 21.7. The number of likely N-dealkylation sites (N-methyl/N-ethyl adjacent to an activating group) is 1. The van der Waals surface area contributed by atoms with E-state index in [9.17, 15) is 0 Å². The van der Waals surface area contributed by atoms with Crippen LogP contribution in [0, 0.1) is 0 Å². The molecule has 0 aliphatic carbocycles. The van der Waals surface area contributed by atoms with Gasteiger partial charge in [-0.3, -0.25) is 4.90 Å². The van der Waals surface area contributed by atoms with Crippen LogP contribution in [0.25, 0.3) is 0 Å². The van der Waals surface area contributed by atoms with Crippen LogP contribution in [-0.4, -0.2) is 63.9 Å². The zero-order valence-electron chi connectivity index (χ0n) is 18.1. The zero-order chi connectivity index (χ0) is 20.6. The molecular weight excluding hydrogens is 368 g/mol. The number of methoxy groups -OCH3 is 3. The molecule has 3 rings (SSSR count). The number of likely N-dealkylation sites (tertiary alicyclic amines) is 1. The third kappa shape index (κ3) is 5.98. The van der Waals surface area contributed by atoms with Gasteiger partial charge in [0.15, 0.2) is 11.5 Å². The van der Waals surface area contributed by atoms with Crippen molar-refractivity contribution in [1.82, 2.24) is 9.80 Å². The Hall–Kier alpha value is -2.02. The highest BCUT2D eigenvalue weighted by molar-refractivity contribution is 5.42. The normalized spacial score (nSPS) is 17.6. The summed E-state index contributed by atoms with van der Waals surface area (Å²) in [5.41, 5.74) is 1.27. The van der Waals surface area contributed by atoms with E-state index in [1.807, 2.05) is 12.1 Å². The monoisotopic (exact) mass is 402 g/mol. The van der Waals surface area contributed by atoms with E-state index < -0.39 is 0 Å². The van der Waals surface area contributed by atoms with Crippen molar-refractivity contribution in [3.05, 3.63) is 47.4 Å². The van der Waals surface area contributed by atoms with Gasteiger partial charge < -0.3 is 23.5 Å². The Kier molecular flexibility index (Phi) is 7.98. The number of nitrogens with zero attached hydrogens (tertiary/aromatic N) is 2. The largest absolute Gasteiger partial charge is 0.493 e. The summed E-state index contributed by atoms with van der Waals surface area (Å²) in [5, 5.41) is 0. The van der Waals surface area contributed by atoms with Gasteiger partial charge in [0, 0.05) is 26.2 Å². The topological polar surface area (TPSA) is 47.3 Å². The van der Waals surface area contributed by atoms with Crippen LogP contribution in [-0.2, 0) is 24.3 Å². The van der Waals surface area contributed by atoms with Crippen molar-refractivity contribution in [3.63, 3.8) is 0 Å². The lowest BCUT2D eigenvalue weighted by Gasteiger charge is -2.37. The van der Waals surface area contributed by atoms with Crippen LogP contribution in [0.5, 0.6) is 11.5 Å². The second kappa shape index (κ2) is 10.7. The summed E-state index contributed by atoms with van der Waals surface area (Å²) in [6.45, 7) is 4.61. The van der Waals surface area contributed by atoms with Crippen LogP contribution in [0.1, 0.15) is 29.9 Å². The van der Waals surface area contributed by atoms with Crippen molar-refractivity contribution in [3.8, 4) is 11.5 Å². The molecule has 1 fully saturated rings. The predicted molar refractivity (Wildman–Crippen MR) is 114 cm³/mol. The van der Waals surface area contributed by atoms with E-state index in [-0.39, 0.29) is 0 Å². The fraction of sp³-hybridized carbons (Fsp3) is 0.565. The molecular formula is C23H34N2O4. The average molecular weight is 403 g/mol. The summed E-state index contributed by atoms with van der Waals surface area (Å²) < 4.78 is 21.8. The van der Waals surface area contributed by atoms with E-state index in [4.69, 9.17) is 18.6 Å². The molecule has 0 saturated carbocycles. The van der Waals surface area contributed by atoms with Crippen LogP contribution in [0.15, 0.2) is 34.7 Å². The molecule has 160 valence electrons. The molecule has 1 aromatic carbocycles. The molecule has 1 atom stereocenters. The van der Waals surface area contributed by atoms with Crippen molar-refractivity contribution in [1.29, 1.82) is 0 Å². The molecule has 0 N–H and O–H groups in total. The summed E-state index contributed by atoms with van der Waals surface area (Å²) >= 11 is 0. The SMILES string of the molecule is COCc1ccc(CN2CCCC(N(C)CCc3ccc(OC)c(OC)c3)C2)o1. The van der Waals surface area contributed by atoms with Crippen molar-refractivity contribution >= 4 is 0 Å². The van der Waals surface area contributed by atoms with Crippen molar-refractivity contribution < 1.29 is 18.6 Å². The highest BCUT2D eigenvalue weighted by Gasteiger charge is 2.24. The summed E-state index contributed by atoms with van der Waals surface area (Å²) in [6.07, 6.45) is 3.45. The maximum atomic E-state index is 5.87. The predicted octanol–water partition coefficient (Wildman–Crippen LogP) is 3.58. The van der Waals surface area contributed by atoms with E-state index in [1.54, 1.807) is 21.3 Å². The van der Waals surface area contributed by atoms with Gasteiger partial charge in [-0.2, -0.15) is 0 Å². The highest BCUT2D eigenvalue weighted by atomic mass is 16.5. The van der Waals surface area contributed by atoms with E-state index in [0.29, 0.717) is 12.6 Å². The molecule has 1 aromatic heterocycles. The summed E-state index contributed by atoms with van der Waals surface area (Å²) in [4.78, 5) is 4.98. The molecule has 0 radical (unpaired) electrons. The number of ether oxygens (including phenoxy) is 3. The molecule has 29 heavy (non-hydrogen) atoms. The average Bonchev–Trinajstić information content (AvgIpc) is 3.19. The highest BCUT2D eigenvalue weighted by Crippen LogP contribution is 2.28. The second-order valence-corrected chi connectivity index (χ2v) is 7.75. The summed E-state index contributed by atoms with van der Waals surface area (Å²) in [5.74, 6) is 3.48. The van der Waals surface area contributed by atoms with Crippen LogP contribution < -0.4 is 9.47 Å². The number of hydrogen-bond acceptors (Lipinski definition) is 6. The van der Waals surface area contributed by atoms with E-state index in [2.05, 4.69) is 35.0 Å². The van der Waals surface area contributed by atoms with Gasteiger partial charge in [0.1, 0.15) is 18.1 Å². The first-order valence-corrected chi connectivity index (χ1v) is 10.3. The Bertz CT molecular complexity index is 761. The maximum absolute atomic E-state index is 5.87. The van der Waals surface area contributed by atoms with Gasteiger partial charge in [0.2, 0.25) is 0 Å². The lowest BCUT2D eigenvalue weighted by Crippen LogP contribution is -2.46. The Labute approximate surface area is 174 Å². The van der Waals surface area contributed by atoms with E-state index in [0.717, 1.165) is 55.6 Å². The minimum atomic E-state index is 0.529. The van der Waals surface area contributed by atoms with Crippen LogP contribution in [0.4, 0.5) is 0 Å². The molecule has 1 saturated heterocycles. The number of rotatable bonds is 10. The van der Waals surface area contributed by atoms with Crippen molar-refractivity contribution in [2.24, 2.45) is 0 Å². The number of benzene rings is 1. The fourth-order valence-electron chi connectivity index (χ4n) is 4.01. The van der Waals surface area contributed by atoms with Gasteiger partial charge in [0.25, 0.3) is 0 Å². The number of hydrogen-bond donors (Lipinski definition) is 0.